The maximum Gasteiger partial charge on any atom is 0.327 e. The normalized spacial score (nSPS) is 20.9. The van der Waals surface area contributed by atoms with Crippen LogP contribution in [-0.4, -0.2) is 71.6 Å². The van der Waals surface area contributed by atoms with Crippen LogP contribution in [-0.2, 0) is 11.2 Å². The molecule has 2 aliphatic heterocycles. The van der Waals surface area contributed by atoms with E-state index in [0.29, 0.717) is 19.8 Å². The van der Waals surface area contributed by atoms with Gasteiger partial charge >= 0.3 is 6.03 Å². The van der Waals surface area contributed by atoms with Crippen molar-refractivity contribution < 1.29 is 9.53 Å². The molecule has 0 N–H and O–H groups in total. The summed E-state index contributed by atoms with van der Waals surface area (Å²) in [6.07, 6.45) is 9.59. The van der Waals surface area contributed by atoms with E-state index in [1.54, 1.807) is 11.3 Å². The average Bonchev–Trinajstić information content (AvgIpc) is 3.31. The number of urea groups is 1. The van der Waals surface area contributed by atoms with E-state index < -0.39 is 0 Å². The third-order valence-corrected chi connectivity index (χ3v) is 6.35. The largest absolute Gasteiger partial charge is 0.379 e. The maximum atomic E-state index is 13.2. The molecule has 0 spiro atoms. The smallest absolute Gasteiger partial charge is 0.327 e. The second-order valence-corrected chi connectivity index (χ2v) is 8.49. The third kappa shape index (κ3) is 5.30. The fraction of sp³-hybridized carbons (Fsp3) is 0.750. The van der Waals surface area contributed by atoms with Crippen molar-refractivity contribution in [1.29, 1.82) is 0 Å². The molecule has 0 radical (unpaired) electrons. The SMILES string of the molecule is C=CCCCN1CC(N2CCOCC2)N(c2nnc(CCCCCC)s2)C1=O. The van der Waals surface area contributed by atoms with Gasteiger partial charge in [-0.15, -0.1) is 16.8 Å². The van der Waals surface area contributed by atoms with E-state index in [4.69, 9.17) is 4.74 Å². The number of hydrogen-bond donors (Lipinski definition) is 0. The molecule has 2 aliphatic rings. The minimum Gasteiger partial charge on any atom is -0.379 e. The minimum absolute atomic E-state index is 0.0148. The summed E-state index contributed by atoms with van der Waals surface area (Å²) in [4.78, 5) is 19.3. The lowest BCUT2D eigenvalue weighted by Crippen LogP contribution is -2.51. The Morgan fingerprint density at radius 3 is 2.79 bits per heavy atom. The molecule has 28 heavy (non-hydrogen) atoms. The van der Waals surface area contributed by atoms with E-state index >= 15 is 0 Å². The predicted molar refractivity (Wildman–Crippen MR) is 113 cm³/mol. The Hall–Kier alpha value is -1.51. The molecular formula is C20H33N5O2S. The zero-order valence-electron chi connectivity index (χ0n) is 17.0. The monoisotopic (exact) mass is 407 g/mol. The molecule has 0 aromatic carbocycles. The first-order chi connectivity index (χ1) is 13.7. The van der Waals surface area contributed by atoms with Crippen molar-refractivity contribution in [3.8, 4) is 0 Å². The van der Waals surface area contributed by atoms with Gasteiger partial charge in [-0.2, -0.15) is 0 Å². The minimum atomic E-state index is 0.0148. The van der Waals surface area contributed by atoms with Crippen LogP contribution in [0.5, 0.6) is 0 Å². The Kier molecular flexibility index (Phi) is 8.24. The molecule has 1 aromatic heterocycles. The third-order valence-electron chi connectivity index (χ3n) is 5.37. The van der Waals surface area contributed by atoms with Crippen LogP contribution < -0.4 is 4.90 Å². The second kappa shape index (κ2) is 10.9. The molecule has 2 saturated heterocycles. The number of morpholine rings is 1. The Bertz CT molecular complexity index is 632. The van der Waals surface area contributed by atoms with Gasteiger partial charge in [-0.05, 0) is 19.3 Å². The van der Waals surface area contributed by atoms with Gasteiger partial charge in [0.15, 0.2) is 0 Å². The second-order valence-electron chi connectivity index (χ2n) is 7.45. The van der Waals surface area contributed by atoms with Gasteiger partial charge in [-0.1, -0.05) is 43.6 Å². The van der Waals surface area contributed by atoms with Crippen LogP contribution in [0.3, 0.4) is 0 Å². The molecule has 7 nitrogen and oxygen atoms in total. The number of carbonyl (C=O) groups excluding carboxylic acids is 1. The number of aromatic nitrogens is 2. The van der Waals surface area contributed by atoms with E-state index in [1.807, 2.05) is 15.9 Å². The summed E-state index contributed by atoms with van der Waals surface area (Å²) in [7, 11) is 0. The van der Waals surface area contributed by atoms with Crippen LogP contribution in [0, 0.1) is 0 Å². The first kappa shape index (κ1) is 21.2. The number of hydrogen-bond acceptors (Lipinski definition) is 6. The van der Waals surface area contributed by atoms with Gasteiger partial charge in [0, 0.05) is 26.1 Å². The summed E-state index contributed by atoms with van der Waals surface area (Å²) < 4.78 is 5.51. The van der Waals surface area contributed by atoms with Crippen LogP contribution in [0.25, 0.3) is 0 Å². The van der Waals surface area contributed by atoms with Gasteiger partial charge in [0.25, 0.3) is 0 Å². The van der Waals surface area contributed by atoms with Crippen LogP contribution in [0.1, 0.15) is 50.5 Å². The standard InChI is InChI=1S/C20H33N5O2S/c1-3-5-7-8-10-17-21-22-19(28-17)25-18(23-12-14-27-15-13-23)16-24(20(25)26)11-9-6-4-2/h4,18H,2-3,5-16H2,1H3. The molecule has 2 fully saturated rings. The number of allylic oxidation sites excluding steroid dienone is 1. The summed E-state index contributed by atoms with van der Waals surface area (Å²) >= 11 is 1.57. The molecular weight excluding hydrogens is 374 g/mol. The molecule has 0 bridgehead atoms. The van der Waals surface area contributed by atoms with Crippen molar-refractivity contribution in [2.45, 2.75) is 58.0 Å². The van der Waals surface area contributed by atoms with E-state index in [1.165, 1.54) is 19.3 Å². The quantitative estimate of drug-likeness (QED) is 0.415. The molecule has 1 unspecified atom stereocenters. The average molecular weight is 408 g/mol. The fourth-order valence-corrected chi connectivity index (χ4v) is 4.68. The lowest BCUT2D eigenvalue weighted by Gasteiger charge is -2.34. The number of aryl methyl sites for hydroxylation is 1. The van der Waals surface area contributed by atoms with E-state index in [9.17, 15) is 4.79 Å². The van der Waals surface area contributed by atoms with Crippen molar-refractivity contribution in [3.63, 3.8) is 0 Å². The lowest BCUT2D eigenvalue weighted by molar-refractivity contribution is 0.0189. The molecule has 3 heterocycles. The first-order valence-electron chi connectivity index (χ1n) is 10.6. The van der Waals surface area contributed by atoms with E-state index in [-0.39, 0.29) is 12.2 Å². The fourth-order valence-electron chi connectivity index (χ4n) is 3.76. The summed E-state index contributed by atoms with van der Waals surface area (Å²) in [5.41, 5.74) is 0. The van der Waals surface area contributed by atoms with Crippen LogP contribution in [0.2, 0.25) is 0 Å². The Balaban J connectivity index is 1.70. The van der Waals surface area contributed by atoms with Crippen molar-refractivity contribution >= 4 is 22.5 Å². The number of anilines is 1. The van der Waals surface area contributed by atoms with E-state index in [0.717, 1.165) is 55.5 Å². The summed E-state index contributed by atoms with van der Waals surface area (Å²) in [6, 6.07) is 0.0502. The highest BCUT2D eigenvalue weighted by atomic mass is 32.1. The Morgan fingerprint density at radius 1 is 1.21 bits per heavy atom. The zero-order chi connectivity index (χ0) is 19.8. The van der Waals surface area contributed by atoms with Crippen LogP contribution in [0.4, 0.5) is 9.93 Å². The van der Waals surface area contributed by atoms with Crippen LogP contribution >= 0.6 is 11.3 Å². The molecule has 2 amide bonds. The van der Waals surface area contributed by atoms with Gasteiger partial charge in [-0.3, -0.25) is 4.90 Å². The van der Waals surface area contributed by atoms with Crippen molar-refractivity contribution in [2.75, 3.05) is 44.3 Å². The number of amides is 2. The Labute approximate surface area is 172 Å². The summed E-state index contributed by atoms with van der Waals surface area (Å²) in [6.45, 7) is 10.6. The molecule has 0 saturated carbocycles. The van der Waals surface area contributed by atoms with Crippen molar-refractivity contribution in [3.05, 3.63) is 17.7 Å². The van der Waals surface area contributed by atoms with Crippen molar-refractivity contribution in [1.82, 2.24) is 20.0 Å². The summed E-state index contributed by atoms with van der Waals surface area (Å²) in [5, 5.41) is 10.5. The summed E-state index contributed by atoms with van der Waals surface area (Å²) in [5.74, 6) is 0. The number of rotatable bonds is 11. The lowest BCUT2D eigenvalue weighted by atomic mass is 10.2. The first-order valence-corrected chi connectivity index (χ1v) is 11.4. The van der Waals surface area contributed by atoms with Crippen molar-refractivity contribution in [2.24, 2.45) is 0 Å². The number of ether oxygens (including phenoxy) is 1. The molecule has 0 aliphatic carbocycles. The van der Waals surface area contributed by atoms with Gasteiger partial charge in [-0.25, -0.2) is 9.69 Å². The number of unbranched alkanes of at least 4 members (excludes halogenated alkanes) is 4. The van der Waals surface area contributed by atoms with Gasteiger partial charge in [0.2, 0.25) is 5.13 Å². The highest BCUT2D eigenvalue weighted by molar-refractivity contribution is 7.15. The van der Waals surface area contributed by atoms with E-state index in [2.05, 4.69) is 28.6 Å². The van der Waals surface area contributed by atoms with Crippen LogP contribution in [0.15, 0.2) is 12.7 Å². The Morgan fingerprint density at radius 2 is 2.04 bits per heavy atom. The maximum absolute atomic E-state index is 13.2. The molecule has 3 rings (SSSR count). The topological polar surface area (TPSA) is 61.8 Å². The highest BCUT2D eigenvalue weighted by Gasteiger charge is 2.43. The molecule has 1 aromatic rings. The predicted octanol–water partition coefficient (Wildman–Crippen LogP) is 3.53. The van der Waals surface area contributed by atoms with Gasteiger partial charge in [0.05, 0.1) is 19.8 Å². The molecule has 1 atom stereocenters. The molecule has 8 heteroatoms. The number of nitrogens with zero attached hydrogens (tertiary/aromatic N) is 5. The van der Waals surface area contributed by atoms with Gasteiger partial charge in [0.1, 0.15) is 11.2 Å². The highest BCUT2D eigenvalue weighted by Crippen LogP contribution is 2.30. The van der Waals surface area contributed by atoms with Gasteiger partial charge < -0.3 is 9.64 Å². The number of carbonyl (C=O) groups is 1. The zero-order valence-corrected chi connectivity index (χ0v) is 17.8. The molecule has 156 valence electrons.